The molecule has 0 fully saturated rings. The first-order chi connectivity index (χ1) is 15.0. The van der Waals surface area contributed by atoms with Crippen molar-refractivity contribution in [2.75, 3.05) is 26.4 Å². The molecule has 194 valence electrons. The monoisotopic (exact) mass is 496 g/mol. The third-order valence-corrected chi connectivity index (χ3v) is 7.28. The number of hydrogen-bond acceptors (Lipinski definition) is 6. The van der Waals surface area contributed by atoms with Crippen molar-refractivity contribution in [3.63, 3.8) is 0 Å². The molecule has 0 bridgehead atoms. The maximum absolute atomic E-state index is 7.88. The normalized spacial score (nSPS) is 12.5. The van der Waals surface area contributed by atoms with Crippen molar-refractivity contribution < 1.29 is 18.7 Å². The molecule has 0 spiro atoms. The van der Waals surface area contributed by atoms with Crippen LogP contribution < -0.4 is 0 Å². The summed E-state index contributed by atoms with van der Waals surface area (Å²) in [5.74, 6) is 0. The Bertz CT molecular complexity index is 393. The highest BCUT2D eigenvalue weighted by molar-refractivity contribution is 7.44. The maximum atomic E-state index is 7.88. The Hall–Kier alpha value is 0.100. The molecule has 0 rings (SSSR count). The van der Waals surface area contributed by atoms with Crippen LogP contribution in [0.3, 0.4) is 0 Å². The predicted octanol–water partition coefficient (Wildman–Crippen LogP) is 7.17. The minimum atomic E-state index is -0.953. The van der Waals surface area contributed by atoms with Crippen molar-refractivity contribution >= 4 is 17.5 Å². The molecule has 1 N–H and O–H groups in total. The molecule has 0 amide bonds. The first-order valence-electron chi connectivity index (χ1n) is 11.9. The van der Waals surface area contributed by atoms with Crippen LogP contribution in [0.2, 0.25) is 0 Å². The third-order valence-electron chi connectivity index (χ3n) is 3.66. The van der Waals surface area contributed by atoms with E-state index in [-0.39, 0.29) is 0 Å². The van der Waals surface area contributed by atoms with E-state index in [9.17, 15) is 0 Å². The molecular weight excluding hydrogens is 442 g/mol. The van der Waals surface area contributed by atoms with Gasteiger partial charge >= 0.3 is 0 Å². The second-order valence-corrected chi connectivity index (χ2v) is 10.7. The van der Waals surface area contributed by atoms with E-state index in [0.717, 1.165) is 19.4 Å². The molecule has 0 radical (unpaired) electrons. The Labute approximate surface area is 203 Å². The summed E-state index contributed by atoms with van der Waals surface area (Å²) in [5, 5.41) is 7.88. The van der Waals surface area contributed by atoms with Gasteiger partial charge in [-0.2, -0.15) is 0 Å². The highest BCUT2D eigenvalue weighted by Crippen LogP contribution is 2.45. The molecule has 0 heterocycles. The van der Waals surface area contributed by atoms with Gasteiger partial charge in [0.2, 0.25) is 0 Å². The van der Waals surface area contributed by atoms with Gasteiger partial charge in [0.1, 0.15) is 0 Å². The van der Waals surface area contributed by atoms with Crippen LogP contribution in [0.25, 0.3) is 0 Å². The van der Waals surface area contributed by atoms with Crippen molar-refractivity contribution in [2.24, 2.45) is 0 Å². The number of hydrogen-bond donors (Lipinski definition) is 1. The SMILES string of the molecule is C=CCOP(OCCC)N(C(C)C)C(C)C.C=CCOPN(C(C)C)C(C)C.CCCO. The summed E-state index contributed by atoms with van der Waals surface area (Å²) in [7, 11) is -0.500. The summed E-state index contributed by atoms with van der Waals surface area (Å²) in [4.78, 5) is 0. The van der Waals surface area contributed by atoms with Gasteiger partial charge in [-0.15, -0.1) is 13.2 Å². The Morgan fingerprint density at radius 1 is 0.812 bits per heavy atom. The summed E-state index contributed by atoms with van der Waals surface area (Å²) in [5.41, 5.74) is 0. The zero-order chi connectivity index (χ0) is 25.5. The average Bonchev–Trinajstić information content (AvgIpc) is 2.72. The molecule has 0 aliphatic carbocycles. The molecule has 32 heavy (non-hydrogen) atoms. The Morgan fingerprint density at radius 2 is 1.28 bits per heavy atom. The van der Waals surface area contributed by atoms with Crippen LogP contribution in [0.4, 0.5) is 0 Å². The second-order valence-electron chi connectivity index (χ2n) is 8.23. The Morgan fingerprint density at radius 3 is 1.59 bits per heavy atom. The number of aliphatic hydroxyl groups excluding tert-OH is 1. The maximum Gasteiger partial charge on any atom is 0.259 e. The van der Waals surface area contributed by atoms with Gasteiger partial charge in [-0.05, 0) is 68.2 Å². The smallest absolute Gasteiger partial charge is 0.259 e. The van der Waals surface area contributed by atoms with Gasteiger partial charge in [-0.25, -0.2) is 4.67 Å². The molecule has 0 aromatic heterocycles. The Balaban J connectivity index is -0.000000462. The van der Waals surface area contributed by atoms with Crippen molar-refractivity contribution in [1.29, 1.82) is 0 Å². The van der Waals surface area contributed by atoms with Gasteiger partial charge in [0, 0.05) is 30.8 Å². The fraction of sp³-hybridized carbons (Fsp3) is 0.833. The Kier molecular flexibility index (Phi) is 29.5. The second kappa shape index (κ2) is 25.7. The first kappa shape index (κ1) is 36.7. The highest BCUT2D eigenvalue weighted by atomic mass is 31.2. The molecular formula is C24H54N2O4P2. The molecule has 0 aromatic rings. The summed E-state index contributed by atoms with van der Waals surface area (Å²) < 4.78 is 21.5. The zero-order valence-corrected chi connectivity index (χ0v) is 24.5. The van der Waals surface area contributed by atoms with Crippen LogP contribution in [0.1, 0.15) is 82.1 Å². The van der Waals surface area contributed by atoms with Crippen molar-refractivity contribution in [2.45, 2.75) is 106 Å². The highest BCUT2D eigenvalue weighted by Gasteiger charge is 2.26. The molecule has 0 aliphatic heterocycles. The van der Waals surface area contributed by atoms with Gasteiger partial charge in [0.05, 0.1) is 28.8 Å². The fourth-order valence-corrected chi connectivity index (χ4v) is 4.84. The van der Waals surface area contributed by atoms with Crippen LogP contribution >= 0.6 is 17.5 Å². The average molecular weight is 497 g/mol. The van der Waals surface area contributed by atoms with E-state index in [0.29, 0.717) is 52.9 Å². The third kappa shape index (κ3) is 21.9. The van der Waals surface area contributed by atoms with Gasteiger partial charge in [0.15, 0.2) is 0 Å². The molecule has 2 atom stereocenters. The summed E-state index contributed by atoms with van der Waals surface area (Å²) in [6, 6.07) is 1.95. The molecule has 6 nitrogen and oxygen atoms in total. The fourth-order valence-electron chi connectivity index (χ4n) is 2.41. The lowest BCUT2D eigenvalue weighted by atomic mass is 10.3. The van der Waals surface area contributed by atoms with E-state index >= 15 is 0 Å². The van der Waals surface area contributed by atoms with Crippen molar-refractivity contribution in [3.8, 4) is 0 Å². The van der Waals surface area contributed by atoms with E-state index in [1.807, 2.05) is 6.92 Å². The van der Waals surface area contributed by atoms with E-state index in [1.54, 1.807) is 12.2 Å². The summed E-state index contributed by atoms with van der Waals surface area (Å²) >= 11 is 0. The minimum absolute atomic E-state index is 0.319. The number of rotatable bonds is 16. The van der Waals surface area contributed by atoms with Gasteiger partial charge in [0.25, 0.3) is 8.53 Å². The van der Waals surface area contributed by atoms with Crippen LogP contribution in [0, 0.1) is 0 Å². The first-order valence-corrected chi connectivity index (χ1v) is 13.9. The lowest BCUT2D eigenvalue weighted by Crippen LogP contribution is -2.33. The quantitative estimate of drug-likeness (QED) is 0.139. The molecule has 0 saturated carbocycles. The molecule has 0 saturated heterocycles. The molecule has 8 heteroatoms. The van der Waals surface area contributed by atoms with E-state index < -0.39 is 8.53 Å². The van der Waals surface area contributed by atoms with Crippen LogP contribution in [-0.4, -0.2) is 65.0 Å². The lowest BCUT2D eigenvalue weighted by molar-refractivity contribution is 0.184. The van der Waals surface area contributed by atoms with Crippen LogP contribution in [-0.2, 0) is 13.6 Å². The van der Waals surface area contributed by atoms with Gasteiger partial charge in [-0.1, -0.05) is 26.0 Å². The van der Waals surface area contributed by atoms with Crippen LogP contribution in [0.5, 0.6) is 0 Å². The largest absolute Gasteiger partial charge is 0.396 e. The minimum Gasteiger partial charge on any atom is -0.396 e. The van der Waals surface area contributed by atoms with Gasteiger partial charge in [-0.3, -0.25) is 4.67 Å². The number of nitrogens with zero attached hydrogens (tertiary/aromatic N) is 2. The summed E-state index contributed by atoms with van der Waals surface area (Å²) in [6.07, 6.45) is 5.44. The number of aliphatic hydroxyl groups is 1. The summed E-state index contributed by atoms with van der Waals surface area (Å²) in [6.45, 7) is 31.0. The predicted molar refractivity (Wildman–Crippen MR) is 145 cm³/mol. The topological polar surface area (TPSA) is 54.4 Å². The van der Waals surface area contributed by atoms with Crippen LogP contribution in [0.15, 0.2) is 25.3 Å². The molecule has 0 aliphatic rings. The van der Waals surface area contributed by atoms with E-state index in [1.165, 1.54) is 0 Å². The van der Waals surface area contributed by atoms with Crippen molar-refractivity contribution in [1.82, 2.24) is 9.34 Å². The van der Waals surface area contributed by atoms with Gasteiger partial charge < -0.3 is 18.7 Å². The lowest BCUT2D eigenvalue weighted by Gasteiger charge is -2.35. The molecule has 0 aromatic carbocycles. The van der Waals surface area contributed by atoms with E-state index in [2.05, 4.69) is 84.8 Å². The van der Waals surface area contributed by atoms with E-state index in [4.69, 9.17) is 18.7 Å². The van der Waals surface area contributed by atoms with Crippen molar-refractivity contribution in [3.05, 3.63) is 25.3 Å². The zero-order valence-electron chi connectivity index (χ0n) is 22.6. The standard InChI is InChI=1S/C12H26NO2P.C9H20NOP.C3H8O/c1-7-9-14-16(15-10-8-2)13(11(3)4)12(5)6;1-6-7-11-12-10(8(2)3)9(4)5;1-2-3-4/h7,11-12H,1,8-10H2,2-6H3;6,8-9,12H,1,7H2,2-5H3;4H,2-3H2,1H3. The molecule has 2 unspecified atom stereocenters.